The Morgan fingerprint density at radius 3 is 2.81 bits per heavy atom. The molecule has 0 amide bonds. The Kier molecular flexibility index (Phi) is 4.32. The molecule has 3 aromatic rings. The topological polar surface area (TPSA) is 43.6 Å². The molecule has 3 heterocycles. The minimum absolute atomic E-state index is 0.434. The highest BCUT2D eigenvalue weighted by Crippen LogP contribution is 2.31. The minimum atomic E-state index is 0.434. The standard InChI is InChI=1S/C23H24N4/c1-2-8-17(9-3-1)23-21-12-6-7-15-27(21)22(26-23)14-13-18-16-24-19-10-4-5-11-20(19)25-18/h1-5,8,10-11,16-17H,6-7,9,12-15H2. The molecule has 5 rings (SSSR count). The molecule has 0 spiro atoms. The van der Waals surface area contributed by atoms with Crippen molar-refractivity contribution in [2.75, 3.05) is 0 Å². The van der Waals surface area contributed by atoms with Crippen LogP contribution in [0.25, 0.3) is 11.0 Å². The second-order valence-corrected chi connectivity index (χ2v) is 7.47. The zero-order valence-electron chi connectivity index (χ0n) is 15.5. The Morgan fingerprint density at radius 1 is 1.00 bits per heavy atom. The van der Waals surface area contributed by atoms with Gasteiger partial charge in [0.05, 0.1) is 22.4 Å². The third-order valence-electron chi connectivity index (χ3n) is 5.66. The number of imidazole rings is 1. The maximum Gasteiger partial charge on any atom is 0.109 e. The lowest BCUT2D eigenvalue weighted by atomic mass is 9.94. The smallest absolute Gasteiger partial charge is 0.109 e. The minimum Gasteiger partial charge on any atom is -0.332 e. The zero-order valence-corrected chi connectivity index (χ0v) is 15.5. The number of hydrogen-bond donors (Lipinski definition) is 0. The number of allylic oxidation sites excluding steroid dienone is 4. The van der Waals surface area contributed by atoms with E-state index in [0.717, 1.165) is 49.0 Å². The number of aryl methyl sites for hydroxylation is 2. The van der Waals surface area contributed by atoms with Crippen LogP contribution in [0.5, 0.6) is 0 Å². The van der Waals surface area contributed by atoms with E-state index in [1.807, 2.05) is 30.5 Å². The molecule has 0 radical (unpaired) electrons. The summed E-state index contributed by atoms with van der Waals surface area (Å²) in [5.41, 5.74) is 5.74. The zero-order chi connectivity index (χ0) is 18.1. The summed E-state index contributed by atoms with van der Waals surface area (Å²) in [6.45, 7) is 1.10. The van der Waals surface area contributed by atoms with Gasteiger partial charge in [0.1, 0.15) is 5.82 Å². The van der Waals surface area contributed by atoms with Gasteiger partial charge in [0.25, 0.3) is 0 Å². The molecule has 1 aliphatic heterocycles. The Balaban J connectivity index is 1.41. The number of rotatable bonds is 4. The van der Waals surface area contributed by atoms with Crippen molar-refractivity contribution in [2.45, 2.75) is 51.0 Å². The Hall–Kier alpha value is -2.75. The molecule has 2 aromatic heterocycles. The van der Waals surface area contributed by atoms with Gasteiger partial charge in [-0.2, -0.15) is 0 Å². The first-order valence-electron chi connectivity index (χ1n) is 10.0. The first kappa shape index (κ1) is 16.4. The summed E-state index contributed by atoms with van der Waals surface area (Å²) in [5, 5.41) is 0. The van der Waals surface area contributed by atoms with E-state index in [0.29, 0.717) is 5.92 Å². The van der Waals surface area contributed by atoms with E-state index in [2.05, 4.69) is 33.9 Å². The van der Waals surface area contributed by atoms with Crippen LogP contribution in [-0.4, -0.2) is 19.5 Å². The predicted molar refractivity (Wildman–Crippen MR) is 108 cm³/mol. The second-order valence-electron chi connectivity index (χ2n) is 7.47. The molecule has 0 saturated heterocycles. The predicted octanol–water partition coefficient (Wildman–Crippen LogP) is 4.55. The van der Waals surface area contributed by atoms with Gasteiger partial charge in [0, 0.05) is 30.8 Å². The van der Waals surface area contributed by atoms with Gasteiger partial charge in [-0.1, -0.05) is 36.4 Å². The maximum absolute atomic E-state index is 5.12. The molecule has 0 bridgehead atoms. The summed E-state index contributed by atoms with van der Waals surface area (Å²) in [7, 11) is 0. The van der Waals surface area contributed by atoms with Crippen molar-refractivity contribution in [2.24, 2.45) is 0 Å². The van der Waals surface area contributed by atoms with E-state index in [9.17, 15) is 0 Å². The number of nitrogens with zero attached hydrogens (tertiary/aromatic N) is 4. The van der Waals surface area contributed by atoms with Crippen LogP contribution in [0.1, 0.15) is 48.1 Å². The van der Waals surface area contributed by atoms with Gasteiger partial charge in [-0.25, -0.2) is 9.97 Å². The van der Waals surface area contributed by atoms with Crippen LogP contribution in [0.2, 0.25) is 0 Å². The summed E-state index contributed by atoms with van der Waals surface area (Å²) < 4.78 is 2.49. The van der Waals surface area contributed by atoms with Crippen LogP contribution in [0, 0.1) is 0 Å². The SMILES string of the molecule is C1=CCC(c2nc(CCc3cnc4ccccc4n3)n3c2CCCC3)C=C1. The van der Waals surface area contributed by atoms with Crippen LogP contribution in [0.4, 0.5) is 0 Å². The summed E-state index contributed by atoms with van der Waals surface area (Å²) in [6, 6.07) is 8.06. The molecule has 1 atom stereocenters. The second kappa shape index (κ2) is 7.10. The fourth-order valence-electron chi connectivity index (χ4n) is 4.27. The van der Waals surface area contributed by atoms with Gasteiger partial charge in [-0.15, -0.1) is 0 Å². The molecule has 0 saturated carbocycles. The van der Waals surface area contributed by atoms with E-state index >= 15 is 0 Å². The molecule has 136 valence electrons. The lowest BCUT2D eigenvalue weighted by Crippen LogP contribution is -2.14. The molecule has 1 unspecified atom stereocenters. The fraction of sp³-hybridized carbons (Fsp3) is 0.348. The summed E-state index contributed by atoms with van der Waals surface area (Å²) in [4.78, 5) is 14.5. The molecule has 1 aromatic carbocycles. The lowest BCUT2D eigenvalue weighted by molar-refractivity contribution is 0.510. The quantitative estimate of drug-likeness (QED) is 0.689. The number of benzene rings is 1. The maximum atomic E-state index is 5.12. The lowest BCUT2D eigenvalue weighted by Gasteiger charge is -2.19. The largest absolute Gasteiger partial charge is 0.332 e. The highest BCUT2D eigenvalue weighted by molar-refractivity contribution is 5.73. The monoisotopic (exact) mass is 356 g/mol. The van der Waals surface area contributed by atoms with Crippen molar-refractivity contribution in [3.8, 4) is 0 Å². The summed E-state index contributed by atoms with van der Waals surface area (Å²) in [6.07, 6.45) is 17.3. The normalized spacial score (nSPS) is 18.7. The van der Waals surface area contributed by atoms with Gasteiger partial charge in [0.15, 0.2) is 0 Å². The van der Waals surface area contributed by atoms with Crippen molar-refractivity contribution in [3.05, 3.63) is 77.7 Å². The first-order chi connectivity index (χ1) is 13.4. The highest BCUT2D eigenvalue weighted by atomic mass is 15.1. The van der Waals surface area contributed by atoms with Crippen molar-refractivity contribution >= 4 is 11.0 Å². The van der Waals surface area contributed by atoms with Crippen LogP contribution < -0.4 is 0 Å². The van der Waals surface area contributed by atoms with Crippen molar-refractivity contribution in [3.63, 3.8) is 0 Å². The van der Waals surface area contributed by atoms with Crippen molar-refractivity contribution in [1.29, 1.82) is 0 Å². The van der Waals surface area contributed by atoms with Gasteiger partial charge < -0.3 is 4.57 Å². The molecule has 0 fully saturated rings. The van der Waals surface area contributed by atoms with Crippen LogP contribution >= 0.6 is 0 Å². The van der Waals surface area contributed by atoms with Crippen LogP contribution in [-0.2, 0) is 25.8 Å². The molecular weight excluding hydrogens is 332 g/mol. The van der Waals surface area contributed by atoms with Crippen LogP contribution in [0.3, 0.4) is 0 Å². The van der Waals surface area contributed by atoms with Gasteiger partial charge in [-0.3, -0.25) is 4.98 Å². The molecular formula is C23H24N4. The molecule has 1 aliphatic carbocycles. The molecule has 0 N–H and O–H groups in total. The average molecular weight is 356 g/mol. The molecule has 27 heavy (non-hydrogen) atoms. The number of para-hydroxylation sites is 2. The Morgan fingerprint density at radius 2 is 1.93 bits per heavy atom. The van der Waals surface area contributed by atoms with Gasteiger partial charge in [0.2, 0.25) is 0 Å². The van der Waals surface area contributed by atoms with E-state index < -0.39 is 0 Å². The first-order valence-corrected chi connectivity index (χ1v) is 10.0. The van der Waals surface area contributed by atoms with Crippen molar-refractivity contribution in [1.82, 2.24) is 19.5 Å². The Labute approximate surface area is 159 Å². The van der Waals surface area contributed by atoms with E-state index in [1.165, 1.54) is 30.1 Å². The van der Waals surface area contributed by atoms with Crippen molar-refractivity contribution < 1.29 is 0 Å². The van der Waals surface area contributed by atoms with E-state index in [1.54, 1.807) is 0 Å². The average Bonchev–Trinajstić information content (AvgIpc) is 3.11. The van der Waals surface area contributed by atoms with Gasteiger partial charge in [-0.05, 0) is 44.2 Å². The van der Waals surface area contributed by atoms with Crippen LogP contribution in [0.15, 0.2) is 54.8 Å². The molecule has 2 aliphatic rings. The van der Waals surface area contributed by atoms with Gasteiger partial charge >= 0.3 is 0 Å². The third kappa shape index (κ3) is 3.20. The van der Waals surface area contributed by atoms with E-state index in [4.69, 9.17) is 9.97 Å². The summed E-state index contributed by atoms with van der Waals surface area (Å²) >= 11 is 0. The summed E-state index contributed by atoms with van der Waals surface area (Å²) in [5.74, 6) is 1.65. The molecule has 4 heteroatoms. The Bertz CT molecular complexity index is 1030. The number of hydrogen-bond acceptors (Lipinski definition) is 3. The third-order valence-corrected chi connectivity index (χ3v) is 5.66. The highest BCUT2D eigenvalue weighted by Gasteiger charge is 2.24. The number of fused-ring (bicyclic) bond motifs is 2. The number of aromatic nitrogens is 4. The fourth-order valence-corrected chi connectivity index (χ4v) is 4.27. The molecule has 4 nitrogen and oxygen atoms in total. The van der Waals surface area contributed by atoms with E-state index in [-0.39, 0.29) is 0 Å².